The molecule has 0 N–H and O–H groups in total. The molecule has 0 amide bonds. The maximum Gasteiger partial charge on any atom is 0.334 e. The van der Waals surface area contributed by atoms with Crippen LogP contribution in [0.1, 0.15) is 19.8 Å². The van der Waals surface area contributed by atoms with Crippen molar-refractivity contribution in [3.05, 3.63) is 0 Å². The first-order valence-corrected chi connectivity index (χ1v) is 7.80. The molecular formula is C9H21ClO2Si. The van der Waals surface area contributed by atoms with Crippen LogP contribution in [0.3, 0.4) is 0 Å². The highest BCUT2D eigenvalue weighted by Gasteiger charge is 2.30. The van der Waals surface area contributed by atoms with Crippen molar-refractivity contribution in [2.45, 2.75) is 32.4 Å². The maximum atomic E-state index is 5.63. The molecule has 0 aliphatic carbocycles. The van der Waals surface area contributed by atoms with Crippen LogP contribution in [-0.2, 0) is 8.85 Å². The average Bonchev–Trinajstić information content (AvgIpc) is 2.14. The van der Waals surface area contributed by atoms with E-state index >= 15 is 0 Å². The van der Waals surface area contributed by atoms with Crippen molar-refractivity contribution in [1.29, 1.82) is 0 Å². The average molecular weight is 225 g/mol. The Morgan fingerprint density at radius 3 is 2.23 bits per heavy atom. The molecule has 0 aromatic rings. The predicted octanol–water partition coefficient (Wildman–Crippen LogP) is 3.01. The van der Waals surface area contributed by atoms with E-state index in [1.165, 1.54) is 6.42 Å². The van der Waals surface area contributed by atoms with Gasteiger partial charge in [0, 0.05) is 20.1 Å². The minimum Gasteiger partial charge on any atom is -0.398 e. The van der Waals surface area contributed by atoms with Crippen molar-refractivity contribution in [2.75, 3.05) is 20.1 Å². The second-order valence-corrected chi connectivity index (χ2v) is 7.55. The van der Waals surface area contributed by atoms with Gasteiger partial charge in [0.25, 0.3) is 0 Å². The molecule has 0 heterocycles. The van der Waals surface area contributed by atoms with Crippen LogP contribution in [0.4, 0.5) is 0 Å². The van der Waals surface area contributed by atoms with Crippen LogP contribution in [-0.4, -0.2) is 28.7 Å². The van der Waals surface area contributed by atoms with E-state index in [1.54, 1.807) is 14.2 Å². The summed E-state index contributed by atoms with van der Waals surface area (Å²) in [7, 11) is 1.63. The summed E-state index contributed by atoms with van der Waals surface area (Å²) in [6.07, 6.45) is 2.25. The molecular weight excluding hydrogens is 204 g/mol. The van der Waals surface area contributed by atoms with Crippen molar-refractivity contribution in [1.82, 2.24) is 0 Å². The SMILES string of the molecule is CO[Si](C)(CC(C)CCCCl)OC. The third kappa shape index (κ3) is 5.68. The standard InChI is InChI=1S/C9H21ClO2Si/c1-9(6-5-7-10)8-13(4,11-2)12-3/h9H,5-8H2,1-4H3. The Morgan fingerprint density at radius 1 is 1.31 bits per heavy atom. The van der Waals surface area contributed by atoms with Gasteiger partial charge in [-0.1, -0.05) is 6.92 Å². The lowest BCUT2D eigenvalue weighted by Crippen LogP contribution is -2.37. The van der Waals surface area contributed by atoms with Gasteiger partial charge in [0.05, 0.1) is 0 Å². The van der Waals surface area contributed by atoms with E-state index in [2.05, 4.69) is 13.5 Å². The van der Waals surface area contributed by atoms with E-state index in [4.69, 9.17) is 20.5 Å². The molecule has 0 fully saturated rings. The fraction of sp³-hybridized carbons (Fsp3) is 1.00. The van der Waals surface area contributed by atoms with Gasteiger partial charge >= 0.3 is 8.56 Å². The van der Waals surface area contributed by atoms with Gasteiger partial charge in [-0.2, -0.15) is 0 Å². The third-order valence-corrected chi connectivity index (χ3v) is 5.85. The van der Waals surface area contributed by atoms with Crippen LogP contribution >= 0.6 is 11.6 Å². The second-order valence-electron chi connectivity index (χ2n) is 3.68. The van der Waals surface area contributed by atoms with Gasteiger partial charge in [0.15, 0.2) is 0 Å². The lowest BCUT2D eigenvalue weighted by molar-refractivity contribution is 0.241. The molecule has 0 spiro atoms. The number of rotatable bonds is 7. The molecule has 0 saturated heterocycles. The van der Waals surface area contributed by atoms with Gasteiger partial charge in [-0.05, 0) is 31.4 Å². The summed E-state index contributed by atoms with van der Waals surface area (Å²) in [6, 6.07) is 1.05. The molecule has 2 nitrogen and oxygen atoms in total. The van der Waals surface area contributed by atoms with Crippen LogP contribution < -0.4 is 0 Å². The fourth-order valence-electron chi connectivity index (χ4n) is 1.41. The summed E-state index contributed by atoms with van der Waals surface area (Å²) in [6.45, 7) is 4.33. The molecule has 0 aliphatic heterocycles. The zero-order chi connectivity index (χ0) is 10.3. The molecule has 0 aromatic carbocycles. The van der Waals surface area contributed by atoms with Gasteiger partial charge in [-0.3, -0.25) is 0 Å². The van der Waals surface area contributed by atoms with Gasteiger partial charge in [-0.15, -0.1) is 11.6 Å². The molecule has 4 heteroatoms. The highest BCUT2D eigenvalue weighted by atomic mass is 35.5. The Morgan fingerprint density at radius 2 is 1.85 bits per heavy atom. The molecule has 0 rings (SSSR count). The number of hydrogen-bond donors (Lipinski definition) is 0. The highest BCUT2D eigenvalue weighted by molar-refractivity contribution is 6.65. The van der Waals surface area contributed by atoms with Gasteiger partial charge in [0.1, 0.15) is 0 Å². The minimum atomic E-state index is -1.85. The lowest BCUT2D eigenvalue weighted by Gasteiger charge is -2.25. The van der Waals surface area contributed by atoms with Crippen LogP contribution in [0.2, 0.25) is 12.6 Å². The molecule has 1 atom stereocenters. The number of alkyl halides is 1. The van der Waals surface area contributed by atoms with Crippen molar-refractivity contribution in [2.24, 2.45) is 5.92 Å². The first-order chi connectivity index (χ1) is 6.08. The second kappa shape index (κ2) is 6.82. The number of halogens is 1. The molecule has 0 bridgehead atoms. The minimum absolute atomic E-state index is 0.648. The van der Waals surface area contributed by atoms with E-state index in [1.807, 2.05) is 0 Å². The highest BCUT2D eigenvalue weighted by Crippen LogP contribution is 2.21. The van der Waals surface area contributed by atoms with Gasteiger partial charge < -0.3 is 8.85 Å². The Balaban J connectivity index is 3.79. The van der Waals surface area contributed by atoms with Crippen molar-refractivity contribution in [3.63, 3.8) is 0 Å². The van der Waals surface area contributed by atoms with Crippen LogP contribution in [0.25, 0.3) is 0 Å². The quantitative estimate of drug-likeness (QED) is 0.489. The normalized spacial score (nSPS) is 14.5. The largest absolute Gasteiger partial charge is 0.398 e. The predicted molar refractivity (Wildman–Crippen MR) is 59.6 cm³/mol. The van der Waals surface area contributed by atoms with E-state index in [0.29, 0.717) is 5.92 Å². The zero-order valence-corrected chi connectivity index (χ0v) is 10.9. The summed E-state index contributed by atoms with van der Waals surface area (Å²) in [5.74, 6) is 1.40. The molecule has 0 saturated carbocycles. The van der Waals surface area contributed by atoms with Gasteiger partial charge in [-0.25, -0.2) is 0 Å². The fourth-order valence-corrected chi connectivity index (χ4v) is 3.54. The molecule has 80 valence electrons. The number of hydrogen-bond acceptors (Lipinski definition) is 2. The maximum absolute atomic E-state index is 5.63. The van der Waals surface area contributed by atoms with E-state index in [0.717, 1.165) is 18.3 Å². The van der Waals surface area contributed by atoms with Crippen LogP contribution in [0, 0.1) is 5.92 Å². The Bertz CT molecular complexity index is 129. The molecule has 13 heavy (non-hydrogen) atoms. The smallest absolute Gasteiger partial charge is 0.334 e. The van der Waals surface area contributed by atoms with Crippen LogP contribution in [0.15, 0.2) is 0 Å². The van der Waals surface area contributed by atoms with Crippen molar-refractivity contribution in [3.8, 4) is 0 Å². The first-order valence-electron chi connectivity index (χ1n) is 4.74. The Hall–Kier alpha value is 0.427. The Labute approximate surface area is 87.8 Å². The monoisotopic (exact) mass is 224 g/mol. The van der Waals surface area contributed by atoms with E-state index in [-0.39, 0.29) is 0 Å². The lowest BCUT2D eigenvalue weighted by atomic mass is 10.1. The summed E-state index contributed by atoms with van der Waals surface area (Å²) in [5.41, 5.74) is 0. The molecule has 1 unspecified atom stereocenters. The molecule has 0 aromatic heterocycles. The molecule has 0 radical (unpaired) electrons. The first kappa shape index (κ1) is 13.4. The van der Waals surface area contributed by atoms with Crippen molar-refractivity contribution >= 4 is 20.2 Å². The summed E-state index contributed by atoms with van der Waals surface area (Å²) in [4.78, 5) is 0. The van der Waals surface area contributed by atoms with Gasteiger partial charge in [0.2, 0.25) is 0 Å². The zero-order valence-electron chi connectivity index (χ0n) is 9.10. The molecule has 0 aliphatic rings. The topological polar surface area (TPSA) is 18.5 Å². The van der Waals surface area contributed by atoms with E-state index < -0.39 is 8.56 Å². The summed E-state index contributed by atoms with van der Waals surface area (Å²) >= 11 is 5.63. The van der Waals surface area contributed by atoms with E-state index in [9.17, 15) is 0 Å². The Kier molecular flexibility index (Phi) is 7.04. The summed E-state index contributed by atoms with van der Waals surface area (Å²) < 4.78 is 10.8. The van der Waals surface area contributed by atoms with Crippen LogP contribution in [0.5, 0.6) is 0 Å². The summed E-state index contributed by atoms with van der Waals surface area (Å²) in [5, 5.41) is 0. The van der Waals surface area contributed by atoms with Crippen molar-refractivity contribution < 1.29 is 8.85 Å². The third-order valence-electron chi connectivity index (χ3n) is 2.41.